The number of halogens is 1. The highest BCUT2D eigenvalue weighted by Crippen LogP contribution is 2.17. The van der Waals surface area contributed by atoms with Gasteiger partial charge in [0.1, 0.15) is 0 Å². The van der Waals surface area contributed by atoms with E-state index in [9.17, 15) is 13.2 Å². The minimum Gasteiger partial charge on any atom is -0.268 e. The molecular weight excluding hydrogens is 298 g/mol. The summed E-state index contributed by atoms with van der Waals surface area (Å²) in [6.45, 7) is 1.66. The maximum absolute atomic E-state index is 12.2. The third kappa shape index (κ3) is 3.00. The second kappa shape index (κ2) is 5.64. The van der Waals surface area contributed by atoms with Crippen LogP contribution in [0.15, 0.2) is 53.4 Å². The molecule has 6 heteroatoms. The summed E-state index contributed by atoms with van der Waals surface area (Å²) in [5.41, 5.74) is 0.679. The summed E-state index contributed by atoms with van der Waals surface area (Å²) in [5, 5.41) is 0.199. The Bertz CT molecular complexity index is 757. The van der Waals surface area contributed by atoms with E-state index >= 15 is 0 Å². The van der Waals surface area contributed by atoms with Crippen LogP contribution >= 0.6 is 11.6 Å². The Morgan fingerprint density at radius 1 is 1.05 bits per heavy atom. The normalized spacial score (nSPS) is 11.1. The van der Waals surface area contributed by atoms with E-state index in [1.807, 2.05) is 4.72 Å². The quantitative estimate of drug-likeness (QED) is 0.948. The van der Waals surface area contributed by atoms with Gasteiger partial charge in [0.2, 0.25) is 0 Å². The van der Waals surface area contributed by atoms with Crippen molar-refractivity contribution < 1.29 is 13.2 Å². The van der Waals surface area contributed by atoms with Gasteiger partial charge >= 0.3 is 0 Å². The molecule has 0 fully saturated rings. The van der Waals surface area contributed by atoms with Gasteiger partial charge in [0.05, 0.1) is 15.5 Å². The number of hydrogen-bond acceptors (Lipinski definition) is 3. The maximum atomic E-state index is 12.2. The Morgan fingerprint density at radius 2 is 1.65 bits per heavy atom. The number of nitrogens with one attached hydrogen (secondary N) is 1. The first-order chi connectivity index (χ1) is 9.42. The number of benzene rings is 2. The van der Waals surface area contributed by atoms with E-state index in [-0.39, 0.29) is 15.5 Å². The van der Waals surface area contributed by atoms with Gasteiger partial charge in [-0.3, -0.25) is 4.79 Å². The minimum absolute atomic E-state index is 0.0698. The molecule has 4 nitrogen and oxygen atoms in total. The largest absolute Gasteiger partial charge is 0.268 e. The van der Waals surface area contributed by atoms with Gasteiger partial charge in [-0.1, -0.05) is 41.9 Å². The predicted molar refractivity (Wildman–Crippen MR) is 77.3 cm³/mol. The summed E-state index contributed by atoms with van der Waals surface area (Å²) in [7, 11) is -3.91. The molecule has 1 amide bonds. The van der Waals surface area contributed by atoms with Crippen molar-refractivity contribution in [3.63, 3.8) is 0 Å². The number of sulfonamides is 1. The summed E-state index contributed by atoms with van der Waals surface area (Å²) in [4.78, 5) is 12.1. The number of hydrogen-bond donors (Lipinski definition) is 1. The second-order valence-electron chi connectivity index (χ2n) is 4.18. The maximum Gasteiger partial charge on any atom is 0.266 e. The Morgan fingerprint density at radius 3 is 2.30 bits per heavy atom. The molecule has 0 aliphatic heterocycles. The highest BCUT2D eigenvalue weighted by atomic mass is 35.5. The number of carbonyl (C=O) groups excluding carboxylic acids is 1. The Hall–Kier alpha value is -1.85. The second-order valence-corrected chi connectivity index (χ2v) is 6.24. The monoisotopic (exact) mass is 309 g/mol. The van der Waals surface area contributed by atoms with Crippen molar-refractivity contribution in [3.8, 4) is 0 Å². The van der Waals surface area contributed by atoms with Crippen molar-refractivity contribution in [3.05, 3.63) is 64.7 Å². The molecule has 2 rings (SSSR count). The van der Waals surface area contributed by atoms with Gasteiger partial charge in [0.15, 0.2) is 0 Å². The molecule has 2 aromatic rings. The van der Waals surface area contributed by atoms with Gasteiger partial charge < -0.3 is 0 Å². The third-order valence-electron chi connectivity index (χ3n) is 2.73. The lowest BCUT2D eigenvalue weighted by atomic mass is 10.2. The van der Waals surface area contributed by atoms with Crippen LogP contribution in [-0.4, -0.2) is 14.3 Å². The van der Waals surface area contributed by atoms with Crippen molar-refractivity contribution in [2.45, 2.75) is 11.8 Å². The fourth-order valence-electron chi connectivity index (χ4n) is 1.74. The van der Waals surface area contributed by atoms with Crippen molar-refractivity contribution >= 4 is 27.5 Å². The van der Waals surface area contributed by atoms with Crippen LogP contribution in [0.1, 0.15) is 15.9 Å². The lowest BCUT2D eigenvalue weighted by molar-refractivity contribution is 0.0981. The van der Waals surface area contributed by atoms with E-state index < -0.39 is 15.9 Å². The molecule has 0 aliphatic carbocycles. The molecule has 0 aliphatic rings. The predicted octanol–water partition coefficient (Wildman–Crippen LogP) is 2.77. The van der Waals surface area contributed by atoms with Crippen molar-refractivity contribution in [2.24, 2.45) is 0 Å². The molecule has 0 bridgehead atoms. The first-order valence-corrected chi connectivity index (χ1v) is 7.65. The summed E-state index contributed by atoms with van der Waals surface area (Å²) < 4.78 is 26.4. The molecule has 104 valence electrons. The average Bonchev–Trinajstić information content (AvgIpc) is 2.38. The van der Waals surface area contributed by atoms with Crippen LogP contribution in [0.3, 0.4) is 0 Å². The Labute approximate surface area is 122 Å². The first-order valence-electron chi connectivity index (χ1n) is 5.79. The molecule has 0 heterocycles. The van der Waals surface area contributed by atoms with E-state index in [0.717, 1.165) is 0 Å². The molecule has 0 saturated carbocycles. The SMILES string of the molecule is Cc1ccccc1S(=O)(=O)NC(=O)c1ccccc1Cl. The number of rotatable bonds is 3. The molecular formula is C14H12ClNO3S. The van der Waals surface area contributed by atoms with Gasteiger partial charge in [-0.15, -0.1) is 0 Å². The van der Waals surface area contributed by atoms with Crippen molar-refractivity contribution in [1.82, 2.24) is 4.72 Å². The van der Waals surface area contributed by atoms with E-state index in [2.05, 4.69) is 0 Å². The molecule has 0 aromatic heterocycles. The van der Waals surface area contributed by atoms with E-state index in [1.54, 1.807) is 37.3 Å². The topological polar surface area (TPSA) is 63.2 Å². The van der Waals surface area contributed by atoms with Crippen LogP contribution in [-0.2, 0) is 10.0 Å². The number of amides is 1. The molecule has 0 saturated heterocycles. The minimum atomic E-state index is -3.91. The third-order valence-corrected chi connectivity index (χ3v) is 4.55. The molecule has 0 spiro atoms. The standard InChI is InChI=1S/C14H12ClNO3S/c1-10-6-2-5-9-13(10)20(18,19)16-14(17)11-7-3-4-8-12(11)15/h2-9H,1H3,(H,16,17). The van der Waals surface area contributed by atoms with Gasteiger partial charge in [-0.05, 0) is 30.7 Å². The lowest BCUT2D eigenvalue weighted by Crippen LogP contribution is -2.31. The van der Waals surface area contributed by atoms with Gasteiger partial charge in [-0.2, -0.15) is 0 Å². The zero-order valence-corrected chi connectivity index (χ0v) is 12.2. The number of carbonyl (C=O) groups is 1. The molecule has 0 unspecified atom stereocenters. The summed E-state index contributed by atoms with van der Waals surface area (Å²) >= 11 is 5.87. The van der Waals surface area contributed by atoms with Crippen molar-refractivity contribution in [1.29, 1.82) is 0 Å². The van der Waals surface area contributed by atoms with Crippen LogP contribution < -0.4 is 4.72 Å². The van der Waals surface area contributed by atoms with Gasteiger partial charge in [0, 0.05) is 0 Å². The van der Waals surface area contributed by atoms with E-state index in [0.29, 0.717) is 5.56 Å². The molecule has 1 N–H and O–H groups in total. The Kier molecular flexibility index (Phi) is 4.11. The van der Waals surface area contributed by atoms with Crippen LogP contribution in [0.25, 0.3) is 0 Å². The highest BCUT2D eigenvalue weighted by Gasteiger charge is 2.21. The molecule has 20 heavy (non-hydrogen) atoms. The molecule has 0 atom stereocenters. The van der Waals surface area contributed by atoms with Crippen LogP contribution in [0.5, 0.6) is 0 Å². The highest BCUT2D eigenvalue weighted by molar-refractivity contribution is 7.90. The van der Waals surface area contributed by atoms with Crippen molar-refractivity contribution in [2.75, 3.05) is 0 Å². The van der Waals surface area contributed by atoms with E-state index in [1.165, 1.54) is 18.2 Å². The fourth-order valence-corrected chi connectivity index (χ4v) is 3.17. The number of aryl methyl sites for hydroxylation is 1. The molecule has 2 aromatic carbocycles. The summed E-state index contributed by atoms with van der Waals surface area (Å²) in [5.74, 6) is -0.751. The average molecular weight is 310 g/mol. The zero-order chi connectivity index (χ0) is 14.8. The van der Waals surface area contributed by atoms with Crippen LogP contribution in [0.2, 0.25) is 5.02 Å². The van der Waals surface area contributed by atoms with Gasteiger partial charge in [0.25, 0.3) is 15.9 Å². The van der Waals surface area contributed by atoms with Crippen LogP contribution in [0, 0.1) is 6.92 Å². The van der Waals surface area contributed by atoms with Crippen LogP contribution in [0.4, 0.5) is 0 Å². The zero-order valence-electron chi connectivity index (χ0n) is 10.6. The lowest BCUT2D eigenvalue weighted by Gasteiger charge is -2.09. The van der Waals surface area contributed by atoms with E-state index in [4.69, 9.17) is 11.6 Å². The van der Waals surface area contributed by atoms with Gasteiger partial charge in [-0.25, -0.2) is 13.1 Å². The smallest absolute Gasteiger partial charge is 0.266 e. The Balaban J connectivity index is 2.33. The molecule has 0 radical (unpaired) electrons. The summed E-state index contributed by atoms with van der Waals surface area (Å²) in [6, 6.07) is 12.7. The summed E-state index contributed by atoms with van der Waals surface area (Å²) in [6.07, 6.45) is 0. The first kappa shape index (κ1) is 14.6. The fraction of sp³-hybridized carbons (Fsp3) is 0.0714.